The number of rotatable bonds is 66. The van der Waals surface area contributed by atoms with Crippen LogP contribution in [0.4, 0.5) is 0 Å². The van der Waals surface area contributed by atoms with Gasteiger partial charge in [0, 0.05) is 0 Å². The zero-order valence-corrected chi connectivity index (χ0v) is 55.4. The second kappa shape index (κ2) is 62.1. The molecule has 0 radical (unpaired) electrons. The molecule has 0 saturated carbocycles. The maximum Gasteiger partial charge on any atom is 0.249 e. The van der Waals surface area contributed by atoms with E-state index in [2.05, 4.69) is 31.3 Å². The highest BCUT2D eigenvalue weighted by Crippen LogP contribution is 2.24. The third-order valence-corrected chi connectivity index (χ3v) is 18.3. The fraction of sp³-hybridized carbons (Fsp3) is 0.959. The van der Waals surface area contributed by atoms with E-state index in [-0.39, 0.29) is 6.42 Å². The Balaban J connectivity index is 2.13. The molecule has 8 N–H and O–H groups in total. The molecule has 9 unspecified atom stereocenters. The summed E-state index contributed by atoms with van der Waals surface area (Å²) < 4.78 is 11.2. The Morgan fingerprint density at radius 2 is 0.690 bits per heavy atom. The average Bonchev–Trinajstić information content (AvgIpc) is 3.67. The minimum Gasteiger partial charge on any atom is -0.394 e. The van der Waals surface area contributed by atoms with Gasteiger partial charge in [0.1, 0.15) is 36.6 Å². The number of aliphatic hydroxyl groups excluding tert-OH is 7. The maximum absolute atomic E-state index is 13.3. The molecule has 1 aliphatic heterocycles. The predicted molar refractivity (Wildman–Crippen MR) is 353 cm³/mol. The van der Waals surface area contributed by atoms with E-state index in [4.69, 9.17) is 9.47 Å². The van der Waals surface area contributed by atoms with Crippen LogP contribution in [0.1, 0.15) is 380 Å². The quantitative estimate of drug-likeness (QED) is 0.0215. The first-order chi connectivity index (χ1) is 41.2. The summed E-state index contributed by atoms with van der Waals surface area (Å²) >= 11 is 0. The van der Waals surface area contributed by atoms with Gasteiger partial charge in [0.15, 0.2) is 6.29 Å². The van der Waals surface area contributed by atoms with Crippen molar-refractivity contribution in [3.63, 3.8) is 0 Å². The highest BCUT2D eigenvalue weighted by atomic mass is 16.7. The van der Waals surface area contributed by atoms with Crippen LogP contribution in [-0.4, -0.2) is 110 Å². The number of amides is 1. The minimum atomic E-state index is -1.66. The summed E-state index contributed by atoms with van der Waals surface area (Å²) in [6.45, 7) is 3.52. The Bertz CT molecular complexity index is 1370. The van der Waals surface area contributed by atoms with Gasteiger partial charge in [-0.1, -0.05) is 353 Å². The van der Waals surface area contributed by atoms with Crippen molar-refractivity contribution in [2.45, 2.75) is 435 Å². The van der Waals surface area contributed by atoms with Crippen molar-refractivity contribution in [3.8, 4) is 0 Å². The summed E-state index contributed by atoms with van der Waals surface area (Å²) in [4.78, 5) is 13.3. The number of hydrogen-bond donors (Lipinski definition) is 8. The molecule has 1 saturated heterocycles. The second-order valence-electron chi connectivity index (χ2n) is 26.4. The highest BCUT2D eigenvalue weighted by Gasteiger charge is 2.44. The monoisotopic (exact) mass is 1190 g/mol. The Kier molecular flexibility index (Phi) is 59.7. The number of unbranched alkanes of at least 4 members (excludes halogenated alkanes) is 52. The van der Waals surface area contributed by atoms with Crippen molar-refractivity contribution < 1.29 is 50.0 Å². The van der Waals surface area contributed by atoms with Crippen molar-refractivity contribution in [2.75, 3.05) is 13.2 Å². The fourth-order valence-electron chi connectivity index (χ4n) is 12.4. The third-order valence-electron chi connectivity index (χ3n) is 18.3. The molecule has 0 aromatic rings. The molecule has 11 nitrogen and oxygen atoms in total. The predicted octanol–water partition coefficient (Wildman–Crippen LogP) is 18.2. The molecule has 84 heavy (non-hydrogen) atoms. The van der Waals surface area contributed by atoms with Gasteiger partial charge in [-0.05, 0) is 38.5 Å². The molecule has 500 valence electrons. The SMILES string of the molecule is CCCCCCCCCCCCCCCCCC/C=C\CCCCCCCCCCCCCCCCCCC(O)C(=O)NC(COC1OC(CO)C(O)C(O)C1O)C(O)C(O)CCCCCCCCCCCCCCCCCCCCCCC. The lowest BCUT2D eigenvalue weighted by molar-refractivity contribution is -0.303. The number of nitrogens with one attached hydrogen (secondary N) is 1. The topological polar surface area (TPSA) is 189 Å². The van der Waals surface area contributed by atoms with Gasteiger partial charge < -0.3 is 50.5 Å². The molecule has 0 aromatic carbocycles. The van der Waals surface area contributed by atoms with Gasteiger partial charge in [-0.2, -0.15) is 0 Å². The van der Waals surface area contributed by atoms with Crippen molar-refractivity contribution in [2.24, 2.45) is 0 Å². The molecule has 0 aliphatic carbocycles. The Morgan fingerprint density at radius 1 is 0.405 bits per heavy atom. The van der Waals surface area contributed by atoms with Crippen molar-refractivity contribution in [3.05, 3.63) is 12.2 Å². The molecule has 1 aliphatic rings. The lowest BCUT2D eigenvalue weighted by atomic mass is 9.98. The zero-order valence-electron chi connectivity index (χ0n) is 55.4. The molecule has 1 fully saturated rings. The molecular weight excluding hydrogens is 1050 g/mol. The number of hydrogen-bond acceptors (Lipinski definition) is 10. The second-order valence-corrected chi connectivity index (χ2v) is 26.4. The van der Waals surface area contributed by atoms with Crippen LogP contribution in [0.25, 0.3) is 0 Å². The molecule has 0 spiro atoms. The van der Waals surface area contributed by atoms with E-state index in [1.165, 1.54) is 302 Å². The molecule has 1 amide bonds. The smallest absolute Gasteiger partial charge is 0.249 e. The molecule has 1 heterocycles. The number of ether oxygens (including phenoxy) is 2. The molecule has 1 rings (SSSR count). The number of carbonyl (C=O) groups excluding carboxylic acids is 1. The van der Waals surface area contributed by atoms with E-state index in [0.717, 1.165) is 38.5 Å². The first-order valence-corrected chi connectivity index (χ1v) is 37.1. The fourth-order valence-corrected chi connectivity index (χ4v) is 12.4. The summed E-state index contributed by atoms with van der Waals surface area (Å²) in [5.41, 5.74) is 0. The van der Waals surface area contributed by atoms with Crippen molar-refractivity contribution in [1.29, 1.82) is 0 Å². The summed E-state index contributed by atoms with van der Waals surface area (Å²) in [7, 11) is 0. The van der Waals surface area contributed by atoms with Gasteiger partial charge in [0.25, 0.3) is 0 Å². The third kappa shape index (κ3) is 48.7. The first kappa shape index (κ1) is 80.9. The van der Waals surface area contributed by atoms with Crippen LogP contribution in [-0.2, 0) is 14.3 Å². The van der Waals surface area contributed by atoms with Crippen LogP contribution in [0.15, 0.2) is 12.2 Å². The van der Waals surface area contributed by atoms with Gasteiger partial charge in [-0.25, -0.2) is 0 Å². The van der Waals surface area contributed by atoms with Crippen LogP contribution in [0.2, 0.25) is 0 Å². The van der Waals surface area contributed by atoms with Gasteiger partial charge in [-0.15, -0.1) is 0 Å². The lowest BCUT2D eigenvalue weighted by Crippen LogP contribution is -2.60. The Labute approximate surface area is 519 Å². The number of allylic oxidation sites excluding steroid dienone is 2. The van der Waals surface area contributed by atoms with E-state index in [9.17, 15) is 40.5 Å². The summed E-state index contributed by atoms with van der Waals surface area (Å²) in [5, 5.41) is 76.6. The van der Waals surface area contributed by atoms with Gasteiger partial charge in [-0.3, -0.25) is 4.79 Å². The summed E-state index contributed by atoms with van der Waals surface area (Å²) in [6, 6.07) is -1.17. The Hall–Kier alpha value is -1.15. The van der Waals surface area contributed by atoms with Crippen LogP contribution >= 0.6 is 0 Å². The normalized spacial score (nSPS) is 18.9. The largest absolute Gasteiger partial charge is 0.394 e. The zero-order chi connectivity index (χ0) is 61.0. The van der Waals surface area contributed by atoms with Gasteiger partial charge in [0.2, 0.25) is 5.91 Å². The van der Waals surface area contributed by atoms with E-state index < -0.39 is 74.2 Å². The van der Waals surface area contributed by atoms with E-state index >= 15 is 0 Å². The van der Waals surface area contributed by atoms with E-state index in [1.807, 2.05) is 0 Å². The molecule has 0 bridgehead atoms. The summed E-state index contributed by atoms with van der Waals surface area (Å²) in [6.07, 6.45) is 66.0. The van der Waals surface area contributed by atoms with E-state index in [1.54, 1.807) is 0 Å². The summed E-state index contributed by atoms with van der Waals surface area (Å²) in [5.74, 6) is -0.688. The molecule has 9 atom stereocenters. The maximum atomic E-state index is 13.3. The highest BCUT2D eigenvalue weighted by molar-refractivity contribution is 5.80. The average molecular weight is 1190 g/mol. The number of aliphatic hydroxyl groups is 7. The van der Waals surface area contributed by atoms with Crippen LogP contribution in [0.5, 0.6) is 0 Å². The molecule has 11 heteroatoms. The van der Waals surface area contributed by atoms with Crippen LogP contribution in [0.3, 0.4) is 0 Å². The molecule has 0 aromatic heterocycles. The Morgan fingerprint density at radius 3 is 1.00 bits per heavy atom. The number of carbonyl (C=O) groups is 1. The van der Waals surface area contributed by atoms with Crippen LogP contribution in [0, 0.1) is 0 Å². The lowest BCUT2D eigenvalue weighted by Gasteiger charge is -2.40. The standard InChI is InChI=1S/C73H143NO10/c1-3-5-7-9-11-13-15-17-19-21-23-25-26-27-28-29-30-31-32-33-34-35-36-37-38-39-41-43-45-47-49-51-53-55-57-59-61-66(77)72(82)74-64(63-83-73-71(81)70(80)69(79)67(62-75)84-73)68(78)65(76)60-58-56-54-52-50-48-46-44-42-40-24-22-20-18-16-14-12-10-8-6-4-2/h31-32,64-71,73,75-81H,3-30,33-63H2,1-2H3,(H,74,82)/b32-31-. The first-order valence-electron chi connectivity index (χ1n) is 37.1. The minimum absolute atomic E-state index is 0.265. The van der Waals surface area contributed by atoms with E-state index in [0.29, 0.717) is 19.3 Å². The van der Waals surface area contributed by atoms with Gasteiger partial charge >= 0.3 is 0 Å². The molecular formula is C73H143NO10. The van der Waals surface area contributed by atoms with Gasteiger partial charge in [0.05, 0.1) is 25.4 Å². The van der Waals surface area contributed by atoms with Crippen molar-refractivity contribution in [1.82, 2.24) is 5.32 Å². The van der Waals surface area contributed by atoms with Crippen molar-refractivity contribution >= 4 is 5.91 Å². The van der Waals surface area contributed by atoms with Crippen LogP contribution < -0.4 is 5.32 Å².